The van der Waals surface area contributed by atoms with Crippen molar-refractivity contribution in [3.05, 3.63) is 65.2 Å². The van der Waals surface area contributed by atoms with Crippen LogP contribution in [-0.2, 0) is 27.8 Å². The normalized spacial score (nSPS) is 17.5. The average Bonchev–Trinajstić information content (AvgIpc) is 2.66. The van der Waals surface area contributed by atoms with Gasteiger partial charge in [0.05, 0.1) is 0 Å². The van der Waals surface area contributed by atoms with Gasteiger partial charge in [-0.3, -0.25) is 9.69 Å². The molecule has 9 heteroatoms. The fourth-order valence-electron chi connectivity index (χ4n) is 3.98. The van der Waals surface area contributed by atoms with Gasteiger partial charge in [0.25, 0.3) is 0 Å². The van der Waals surface area contributed by atoms with Gasteiger partial charge in [-0.05, 0) is 29.7 Å². The second kappa shape index (κ2) is 8.41. The van der Waals surface area contributed by atoms with Crippen molar-refractivity contribution >= 4 is 15.9 Å². The van der Waals surface area contributed by atoms with Crippen LogP contribution >= 0.6 is 0 Å². The van der Waals surface area contributed by atoms with Crippen molar-refractivity contribution in [2.24, 2.45) is 0 Å². The Balaban J connectivity index is 1.25. The standard InChI is InChI=1S/C21H23F2N3O3S/c22-18-6-3-7-19(23)21(18)30(28,29)24-10-8-20(27)26-13-17(14-26)25-11-9-15-4-1-2-5-16(15)12-25/h1-7,17,24H,8-14H2. The zero-order chi connectivity index (χ0) is 21.3. The lowest BCUT2D eigenvalue weighted by Gasteiger charge is -2.47. The predicted molar refractivity (Wildman–Crippen MR) is 107 cm³/mol. The van der Waals surface area contributed by atoms with Gasteiger partial charge in [0.2, 0.25) is 15.9 Å². The molecule has 0 atom stereocenters. The smallest absolute Gasteiger partial charge is 0.246 e. The van der Waals surface area contributed by atoms with Crippen molar-refractivity contribution in [1.29, 1.82) is 0 Å². The molecule has 1 N–H and O–H groups in total. The van der Waals surface area contributed by atoms with Crippen LogP contribution in [-0.4, -0.2) is 56.3 Å². The van der Waals surface area contributed by atoms with E-state index in [0.29, 0.717) is 19.1 Å². The topological polar surface area (TPSA) is 69.7 Å². The lowest BCUT2D eigenvalue weighted by atomic mass is 9.96. The molecule has 0 aromatic heterocycles. The number of fused-ring (bicyclic) bond motifs is 1. The third kappa shape index (κ3) is 4.23. The number of hydrogen-bond acceptors (Lipinski definition) is 4. The molecule has 2 aromatic carbocycles. The third-order valence-electron chi connectivity index (χ3n) is 5.71. The highest BCUT2D eigenvalue weighted by Gasteiger charge is 2.35. The number of sulfonamides is 1. The fourth-order valence-corrected chi connectivity index (χ4v) is 5.15. The van der Waals surface area contributed by atoms with Crippen LogP contribution in [0, 0.1) is 11.6 Å². The number of amides is 1. The van der Waals surface area contributed by atoms with Crippen LogP contribution in [0.15, 0.2) is 47.4 Å². The zero-order valence-corrected chi connectivity index (χ0v) is 17.2. The van der Waals surface area contributed by atoms with Gasteiger partial charge < -0.3 is 4.90 Å². The second-order valence-corrected chi connectivity index (χ2v) is 9.34. The molecule has 160 valence electrons. The molecule has 0 unspecified atom stereocenters. The summed E-state index contributed by atoms with van der Waals surface area (Å²) in [5, 5.41) is 0. The summed E-state index contributed by atoms with van der Waals surface area (Å²) in [5.74, 6) is -2.51. The molecule has 1 fully saturated rings. The molecule has 0 aliphatic carbocycles. The number of likely N-dealkylation sites (tertiary alicyclic amines) is 1. The minimum atomic E-state index is -4.37. The Bertz CT molecular complexity index is 1030. The number of halogens is 2. The van der Waals surface area contributed by atoms with Crippen LogP contribution in [0.4, 0.5) is 8.78 Å². The van der Waals surface area contributed by atoms with Gasteiger partial charge in [-0.15, -0.1) is 0 Å². The number of rotatable bonds is 6. The summed E-state index contributed by atoms with van der Waals surface area (Å²) in [6, 6.07) is 11.5. The van der Waals surface area contributed by atoms with Crippen molar-refractivity contribution in [2.75, 3.05) is 26.2 Å². The van der Waals surface area contributed by atoms with Crippen LogP contribution in [0.1, 0.15) is 17.5 Å². The predicted octanol–water partition coefficient (Wildman–Crippen LogP) is 1.90. The first-order valence-corrected chi connectivity index (χ1v) is 11.4. The van der Waals surface area contributed by atoms with Gasteiger partial charge in [-0.2, -0.15) is 0 Å². The van der Waals surface area contributed by atoms with Crippen molar-refractivity contribution in [2.45, 2.75) is 30.3 Å². The summed E-state index contributed by atoms with van der Waals surface area (Å²) < 4.78 is 53.8. The van der Waals surface area contributed by atoms with E-state index < -0.39 is 26.6 Å². The van der Waals surface area contributed by atoms with Crippen LogP contribution in [0.2, 0.25) is 0 Å². The van der Waals surface area contributed by atoms with Crippen molar-refractivity contribution in [3.63, 3.8) is 0 Å². The lowest BCUT2D eigenvalue weighted by Crippen LogP contribution is -2.61. The van der Waals surface area contributed by atoms with Gasteiger partial charge in [0.1, 0.15) is 11.6 Å². The number of hydrogen-bond donors (Lipinski definition) is 1. The maximum Gasteiger partial charge on any atom is 0.246 e. The second-order valence-electron chi connectivity index (χ2n) is 7.64. The SMILES string of the molecule is O=C(CCNS(=O)(=O)c1c(F)cccc1F)N1CC(N2CCc3ccccc3C2)C1. The molecule has 0 bridgehead atoms. The average molecular weight is 435 g/mol. The fraction of sp³-hybridized carbons (Fsp3) is 0.381. The molecule has 1 amide bonds. The quantitative estimate of drug-likeness (QED) is 0.753. The van der Waals surface area contributed by atoms with Crippen molar-refractivity contribution in [3.8, 4) is 0 Å². The Morgan fingerprint density at radius 2 is 1.70 bits per heavy atom. The highest BCUT2D eigenvalue weighted by Crippen LogP contribution is 2.24. The van der Waals surface area contributed by atoms with E-state index in [1.54, 1.807) is 4.90 Å². The molecular formula is C21H23F2N3O3S. The monoisotopic (exact) mass is 435 g/mol. The molecule has 0 radical (unpaired) electrons. The van der Waals surface area contributed by atoms with E-state index in [1.165, 1.54) is 11.1 Å². The van der Waals surface area contributed by atoms with E-state index in [9.17, 15) is 22.0 Å². The number of carbonyl (C=O) groups is 1. The summed E-state index contributed by atoms with van der Waals surface area (Å²) in [5.41, 5.74) is 2.70. The Labute approximate surface area is 174 Å². The number of nitrogens with one attached hydrogen (secondary N) is 1. The molecule has 2 aliphatic heterocycles. The molecule has 1 saturated heterocycles. The van der Waals surface area contributed by atoms with Gasteiger partial charge in [0, 0.05) is 45.2 Å². The zero-order valence-electron chi connectivity index (χ0n) is 16.4. The molecule has 6 nitrogen and oxygen atoms in total. The van der Waals surface area contributed by atoms with Crippen LogP contribution < -0.4 is 4.72 Å². The Hall–Kier alpha value is -2.36. The number of benzene rings is 2. The maximum atomic E-state index is 13.7. The third-order valence-corrected chi connectivity index (χ3v) is 7.22. The Morgan fingerprint density at radius 3 is 2.40 bits per heavy atom. The highest BCUT2D eigenvalue weighted by atomic mass is 32.2. The van der Waals surface area contributed by atoms with E-state index in [-0.39, 0.29) is 18.9 Å². The molecular weight excluding hydrogens is 412 g/mol. The Morgan fingerprint density at radius 1 is 1.03 bits per heavy atom. The largest absolute Gasteiger partial charge is 0.339 e. The van der Waals surface area contributed by atoms with Crippen molar-refractivity contribution < 1.29 is 22.0 Å². The first kappa shape index (κ1) is 20.9. The van der Waals surface area contributed by atoms with E-state index >= 15 is 0 Å². The van der Waals surface area contributed by atoms with E-state index in [1.807, 2.05) is 12.1 Å². The molecule has 4 rings (SSSR count). The molecule has 2 heterocycles. The lowest BCUT2D eigenvalue weighted by molar-refractivity contribution is -0.138. The highest BCUT2D eigenvalue weighted by molar-refractivity contribution is 7.89. The maximum absolute atomic E-state index is 13.7. The first-order valence-electron chi connectivity index (χ1n) is 9.87. The van der Waals surface area contributed by atoms with E-state index in [2.05, 4.69) is 21.8 Å². The van der Waals surface area contributed by atoms with Gasteiger partial charge in [0.15, 0.2) is 4.90 Å². The van der Waals surface area contributed by atoms with Crippen LogP contribution in [0.3, 0.4) is 0 Å². The number of nitrogens with zero attached hydrogens (tertiary/aromatic N) is 2. The minimum absolute atomic E-state index is 0.0646. The summed E-state index contributed by atoms with van der Waals surface area (Å²) in [6.45, 7) is 2.83. The van der Waals surface area contributed by atoms with E-state index in [4.69, 9.17) is 0 Å². The molecule has 2 aliphatic rings. The molecule has 0 saturated carbocycles. The first-order chi connectivity index (χ1) is 14.3. The summed E-state index contributed by atoms with van der Waals surface area (Å²) >= 11 is 0. The van der Waals surface area contributed by atoms with Crippen LogP contribution in [0.5, 0.6) is 0 Å². The summed E-state index contributed by atoms with van der Waals surface area (Å²) in [7, 11) is -4.37. The van der Waals surface area contributed by atoms with Crippen LogP contribution in [0.25, 0.3) is 0 Å². The molecule has 0 spiro atoms. The Kier molecular flexibility index (Phi) is 5.86. The van der Waals surface area contributed by atoms with Gasteiger partial charge >= 0.3 is 0 Å². The summed E-state index contributed by atoms with van der Waals surface area (Å²) in [6.07, 6.45) is 0.930. The minimum Gasteiger partial charge on any atom is -0.339 e. The van der Waals surface area contributed by atoms with E-state index in [0.717, 1.165) is 37.7 Å². The number of carbonyl (C=O) groups excluding carboxylic acids is 1. The molecule has 2 aromatic rings. The summed E-state index contributed by atoms with van der Waals surface area (Å²) in [4.78, 5) is 15.4. The van der Waals surface area contributed by atoms with Crippen molar-refractivity contribution in [1.82, 2.24) is 14.5 Å². The van der Waals surface area contributed by atoms with Gasteiger partial charge in [-0.1, -0.05) is 30.3 Å². The molecule has 30 heavy (non-hydrogen) atoms. The van der Waals surface area contributed by atoms with Gasteiger partial charge in [-0.25, -0.2) is 21.9 Å².